The average Bonchev–Trinajstić information content (AvgIpc) is 2.62. The lowest BCUT2D eigenvalue weighted by atomic mass is 10.1. The van der Waals surface area contributed by atoms with Crippen LogP contribution >= 0.6 is 23.4 Å². The summed E-state index contributed by atoms with van der Waals surface area (Å²) in [4.78, 5) is 9.24. The molecule has 0 fully saturated rings. The lowest BCUT2D eigenvalue weighted by Crippen LogP contribution is -2.00. The van der Waals surface area contributed by atoms with Crippen molar-refractivity contribution in [3.63, 3.8) is 0 Å². The Bertz CT molecular complexity index is 881. The largest absolute Gasteiger partial charge is 0.439 e. The molecule has 26 heavy (non-hydrogen) atoms. The van der Waals surface area contributed by atoms with Gasteiger partial charge in [-0.2, -0.15) is 4.98 Å². The van der Waals surface area contributed by atoms with E-state index in [0.717, 1.165) is 16.6 Å². The van der Waals surface area contributed by atoms with Gasteiger partial charge >= 0.3 is 0 Å². The minimum atomic E-state index is 0.295. The predicted molar refractivity (Wildman–Crippen MR) is 108 cm³/mol. The smallest absolute Gasteiger partial charge is 0.223 e. The topological polar surface area (TPSA) is 35.0 Å². The van der Waals surface area contributed by atoms with Crippen LogP contribution in [0.25, 0.3) is 0 Å². The second-order valence-corrected chi connectivity index (χ2v) is 7.78. The molecule has 1 heterocycles. The van der Waals surface area contributed by atoms with Gasteiger partial charge in [-0.05, 0) is 42.7 Å². The fourth-order valence-corrected chi connectivity index (χ4v) is 3.33. The van der Waals surface area contributed by atoms with E-state index in [1.165, 1.54) is 11.1 Å². The molecule has 0 N–H and O–H groups in total. The summed E-state index contributed by atoms with van der Waals surface area (Å²) in [5.41, 5.74) is 3.48. The summed E-state index contributed by atoms with van der Waals surface area (Å²) in [6.07, 6.45) is 0. The number of rotatable bonds is 6. The molecule has 2 aromatic carbocycles. The van der Waals surface area contributed by atoms with Crippen molar-refractivity contribution in [2.45, 2.75) is 37.6 Å². The monoisotopic (exact) mass is 384 g/mol. The summed E-state index contributed by atoms with van der Waals surface area (Å²) in [7, 11) is 0. The van der Waals surface area contributed by atoms with Crippen LogP contribution in [0.1, 0.15) is 36.6 Å². The molecule has 0 saturated heterocycles. The highest BCUT2D eigenvalue weighted by Crippen LogP contribution is 2.28. The third kappa shape index (κ3) is 5.23. The van der Waals surface area contributed by atoms with Crippen LogP contribution in [0.2, 0.25) is 5.02 Å². The Balaban J connectivity index is 1.80. The summed E-state index contributed by atoms with van der Waals surface area (Å²) in [6, 6.07) is 17.6. The highest BCUT2D eigenvalue weighted by Gasteiger charge is 2.10. The van der Waals surface area contributed by atoms with Crippen molar-refractivity contribution in [2.75, 3.05) is 0 Å². The zero-order valence-corrected chi connectivity index (χ0v) is 16.6. The van der Waals surface area contributed by atoms with E-state index in [0.29, 0.717) is 22.6 Å². The molecule has 0 aliphatic carbocycles. The van der Waals surface area contributed by atoms with E-state index >= 15 is 0 Å². The number of ether oxygens (including phenoxy) is 1. The number of hydrogen-bond acceptors (Lipinski definition) is 4. The number of thioether (sulfide) groups is 1. The highest BCUT2D eigenvalue weighted by molar-refractivity contribution is 7.98. The normalized spacial score (nSPS) is 11.0. The van der Waals surface area contributed by atoms with Crippen molar-refractivity contribution in [1.82, 2.24) is 9.97 Å². The van der Waals surface area contributed by atoms with E-state index in [2.05, 4.69) is 55.0 Å². The molecule has 0 aliphatic heterocycles. The Morgan fingerprint density at radius 2 is 1.81 bits per heavy atom. The second-order valence-electron chi connectivity index (χ2n) is 6.40. The molecule has 5 heteroatoms. The van der Waals surface area contributed by atoms with Crippen LogP contribution in [-0.2, 0) is 5.75 Å². The molecule has 0 aliphatic rings. The van der Waals surface area contributed by atoms with Crippen molar-refractivity contribution in [3.05, 3.63) is 76.4 Å². The van der Waals surface area contributed by atoms with Gasteiger partial charge < -0.3 is 4.74 Å². The van der Waals surface area contributed by atoms with Crippen LogP contribution in [0.4, 0.5) is 0 Å². The lowest BCUT2D eigenvalue weighted by molar-refractivity contribution is 0.453. The van der Waals surface area contributed by atoms with Gasteiger partial charge in [-0.3, -0.25) is 0 Å². The molecule has 0 spiro atoms. The molecule has 0 atom stereocenters. The molecule has 3 aromatic rings. The van der Waals surface area contributed by atoms with Gasteiger partial charge in [0.1, 0.15) is 5.75 Å². The van der Waals surface area contributed by atoms with E-state index < -0.39 is 0 Å². The summed E-state index contributed by atoms with van der Waals surface area (Å²) < 4.78 is 5.91. The Morgan fingerprint density at radius 3 is 2.50 bits per heavy atom. The summed E-state index contributed by atoms with van der Waals surface area (Å²) >= 11 is 7.55. The maximum Gasteiger partial charge on any atom is 0.223 e. The highest BCUT2D eigenvalue weighted by atomic mass is 35.5. The fraction of sp³-hybridized carbons (Fsp3) is 0.238. The minimum Gasteiger partial charge on any atom is -0.439 e. The molecule has 0 amide bonds. The zero-order chi connectivity index (χ0) is 18.5. The Kier molecular flexibility index (Phi) is 6.17. The summed E-state index contributed by atoms with van der Waals surface area (Å²) in [5, 5.41) is 1.40. The Labute approximate surface area is 163 Å². The van der Waals surface area contributed by atoms with Gasteiger partial charge in [0.05, 0.1) is 5.69 Å². The van der Waals surface area contributed by atoms with Gasteiger partial charge in [-0.25, -0.2) is 4.98 Å². The first kappa shape index (κ1) is 18.7. The minimum absolute atomic E-state index is 0.295. The number of halogens is 1. The van der Waals surface area contributed by atoms with E-state index in [9.17, 15) is 0 Å². The summed E-state index contributed by atoms with van der Waals surface area (Å²) in [6.45, 7) is 6.33. The lowest BCUT2D eigenvalue weighted by Gasteiger charge is -2.11. The summed E-state index contributed by atoms with van der Waals surface area (Å²) in [5.74, 6) is 2.38. The quantitative estimate of drug-likeness (QED) is 0.352. The van der Waals surface area contributed by atoms with Crippen LogP contribution in [0, 0.1) is 6.92 Å². The first-order chi connectivity index (χ1) is 12.5. The van der Waals surface area contributed by atoms with E-state index in [-0.39, 0.29) is 0 Å². The van der Waals surface area contributed by atoms with Crippen LogP contribution in [0.15, 0.2) is 59.8 Å². The Morgan fingerprint density at radius 1 is 1.04 bits per heavy atom. The van der Waals surface area contributed by atoms with E-state index in [1.807, 2.05) is 18.2 Å². The number of nitrogens with zero attached hydrogens (tertiary/aromatic N) is 2. The maximum absolute atomic E-state index is 5.93. The van der Waals surface area contributed by atoms with Gasteiger partial charge in [0.25, 0.3) is 0 Å². The van der Waals surface area contributed by atoms with Crippen molar-refractivity contribution < 1.29 is 4.74 Å². The number of hydrogen-bond donors (Lipinski definition) is 0. The maximum atomic E-state index is 5.93. The third-order valence-electron chi connectivity index (χ3n) is 3.78. The number of benzene rings is 2. The standard InChI is InChI=1S/C21H21ClN2OS/c1-14(2)19-12-20(25-18-9-7-17(22)8-10-18)24-21(23-19)26-13-16-6-4-5-15(3)11-16/h4-12,14H,13H2,1-3H3. The van der Waals surface area contributed by atoms with Crippen molar-refractivity contribution in [3.8, 4) is 11.6 Å². The SMILES string of the molecule is Cc1cccc(CSc2nc(Oc3ccc(Cl)cc3)cc(C(C)C)n2)c1. The molecule has 134 valence electrons. The van der Waals surface area contributed by atoms with Gasteiger partial charge in [-0.1, -0.05) is 67.0 Å². The molecule has 1 aromatic heterocycles. The van der Waals surface area contributed by atoms with Crippen molar-refractivity contribution in [2.24, 2.45) is 0 Å². The Hall–Kier alpha value is -2.04. The van der Waals surface area contributed by atoms with E-state index in [4.69, 9.17) is 16.3 Å². The zero-order valence-electron chi connectivity index (χ0n) is 15.1. The van der Waals surface area contributed by atoms with Gasteiger partial charge in [0, 0.05) is 16.8 Å². The molecule has 0 radical (unpaired) electrons. The van der Waals surface area contributed by atoms with Crippen LogP contribution in [-0.4, -0.2) is 9.97 Å². The van der Waals surface area contributed by atoms with Gasteiger partial charge in [-0.15, -0.1) is 0 Å². The van der Waals surface area contributed by atoms with Crippen molar-refractivity contribution >= 4 is 23.4 Å². The van der Waals surface area contributed by atoms with Crippen LogP contribution < -0.4 is 4.74 Å². The number of aryl methyl sites for hydroxylation is 1. The number of aromatic nitrogens is 2. The van der Waals surface area contributed by atoms with Gasteiger partial charge in [0.2, 0.25) is 5.88 Å². The van der Waals surface area contributed by atoms with Crippen molar-refractivity contribution in [1.29, 1.82) is 0 Å². The van der Waals surface area contributed by atoms with E-state index in [1.54, 1.807) is 23.9 Å². The first-order valence-corrected chi connectivity index (χ1v) is 9.87. The molecule has 3 rings (SSSR count). The first-order valence-electron chi connectivity index (χ1n) is 8.50. The second kappa shape index (κ2) is 8.56. The predicted octanol–water partition coefficient (Wildman–Crippen LogP) is 6.65. The van der Waals surface area contributed by atoms with Crippen LogP contribution in [0.5, 0.6) is 11.6 Å². The molecular formula is C21H21ClN2OS. The molecule has 0 bridgehead atoms. The van der Waals surface area contributed by atoms with Gasteiger partial charge in [0.15, 0.2) is 5.16 Å². The molecule has 3 nitrogen and oxygen atoms in total. The average molecular weight is 385 g/mol. The molecule has 0 saturated carbocycles. The molecule has 0 unspecified atom stereocenters. The fourth-order valence-electron chi connectivity index (χ4n) is 2.41. The molecular weight excluding hydrogens is 364 g/mol. The third-order valence-corrected chi connectivity index (χ3v) is 4.95. The van der Waals surface area contributed by atoms with Crippen LogP contribution in [0.3, 0.4) is 0 Å².